The molecule has 1 fully saturated rings. The average molecular weight is 446 g/mol. The van der Waals surface area contributed by atoms with Crippen LogP contribution in [0.15, 0.2) is 47.3 Å². The van der Waals surface area contributed by atoms with Crippen molar-refractivity contribution < 1.29 is 17.9 Å². The molecule has 0 spiro atoms. The fourth-order valence-corrected chi connectivity index (χ4v) is 4.18. The van der Waals surface area contributed by atoms with Crippen molar-refractivity contribution in [3.8, 4) is 11.4 Å². The average Bonchev–Trinajstić information content (AvgIpc) is 3.16. The Kier molecular flexibility index (Phi) is 6.10. The van der Waals surface area contributed by atoms with E-state index >= 15 is 0 Å². The topological polar surface area (TPSA) is 63.1 Å². The number of hydrogen-bond acceptors (Lipinski definition) is 4. The molecule has 1 aromatic heterocycles. The van der Waals surface area contributed by atoms with Gasteiger partial charge in [-0.05, 0) is 67.8 Å². The Morgan fingerprint density at radius 3 is 2.62 bits per heavy atom. The smallest absolute Gasteiger partial charge is 0.416 e. The van der Waals surface area contributed by atoms with Gasteiger partial charge in [0, 0.05) is 19.0 Å². The van der Waals surface area contributed by atoms with Crippen LogP contribution < -0.4 is 10.4 Å². The molecule has 0 bridgehead atoms. The maximum absolute atomic E-state index is 13.2. The monoisotopic (exact) mass is 446 g/mol. The summed E-state index contributed by atoms with van der Waals surface area (Å²) in [6.07, 6.45) is -2.63. The second-order valence-electron chi connectivity index (χ2n) is 8.15. The van der Waals surface area contributed by atoms with Crippen LogP contribution in [0.25, 0.3) is 5.69 Å². The molecule has 0 unspecified atom stereocenters. The molecule has 2 aromatic carbocycles. The predicted octanol–water partition coefficient (Wildman–Crippen LogP) is 4.28. The standard InChI is InChI=1S/C23H25F3N4O2/c1-15-5-6-16(12-20(15)23(24,25)26)13-29-11-3-4-17(14-29)21-27-22(31)30(28-21)18-7-9-19(32-2)10-8-18/h5-10,12,17H,3-4,11,13-14H2,1-2H3,(H,27,28,31)/t17-/m0/s1. The Hall–Kier alpha value is -3.07. The van der Waals surface area contributed by atoms with Crippen molar-refractivity contribution in [1.82, 2.24) is 19.7 Å². The van der Waals surface area contributed by atoms with Crippen LogP contribution in [0.3, 0.4) is 0 Å². The molecule has 6 nitrogen and oxygen atoms in total. The summed E-state index contributed by atoms with van der Waals surface area (Å²) in [4.78, 5) is 17.4. The van der Waals surface area contributed by atoms with Crippen molar-refractivity contribution >= 4 is 0 Å². The minimum absolute atomic E-state index is 0.00323. The minimum atomic E-state index is -4.36. The number of aryl methyl sites for hydroxylation is 1. The summed E-state index contributed by atoms with van der Waals surface area (Å²) in [6.45, 7) is 3.29. The molecule has 32 heavy (non-hydrogen) atoms. The predicted molar refractivity (Wildman–Crippen MR) is 114 cm³/mol. The molecular formula is C23H25F3N4O2. The number of piperidine rings is 1. The lowest BCUT2D eigenvalue weighted by atomic mass is 9.96. The van der Waals surface area contributed by atoms with Gasteiger partial charge < -0.3 is 4.74 Å². The third kappa shape index (κ3) is 4.72. The Balaban J connectivity index is 1.49. The highest BCUT2D eigenvalue weighted by atomic mass is 19.4. The van der Waals surface area contributed by atoms with E-state index in [0.29, 0.717) is 35.9 Å². The molecule has 1 aliphatic rings. The van der Waals surface area contributed by atoms with Crippen molar-refractivity contribution in [2.75, 3.05) is 20.2 Å². The van der Waals surface area contributed by atoms with Gasteiger partial charge in [0.2, 0.25) is 0 Å². The Labute approximate surface area is 183 Å². The van der Waals surface area contributed by atoms with Gasteiger partial charge in [-0.1, -0.05) is 12.1 Å². The first kappa shape index (κ1) is 22.1. The highest BCUT2D eigenvalue weighted by molar-refractivity contribution is 5.36. The van der Waals surface area contributed by atoms with Gasteiger partial charge in [0.15, 0.2) is 0 Å². The first-order valence-electron chi connectivity index (χ1n) is 10.5. The number of hydrogen-bond donors (Lipinski definition) is 1. The fourth-order valence-electron chi connectivity index (χ4n) is 4.18. The number of H-pyrrole nitrogens is 1. The van der Waals surface area contributed by atoms with Gasteiger partial charge in [0.05, 0.1) is 18.4 Å². The zero-order chi connectivity index (χ0) is 22.9. The molecule has 2 heterocycles. The number of nitrogens with one attached hydrogen (secondary N) is 1. The van der Waals surface area contributed by atoms with E-state index in [1.54, 1.807) is 37.4 Å². The SMILES string of the molecule is COc1ccc(-n2nc([C@H]3CCCN(Cc4ccc(C)c(C(F)(F)F)c4)C3)[nH]c2=O)cc1. The zero-order valence-electron chi connectivity index (χ0n) is 17.9. The molecule has 1 atom stereocenters. The molecule has 1 aliphatic heterocycles. The Bertz CT molecular complexity index is 1140. The van der Waals surface area contributed by atoms with E-state index in [2.05, 4.69) is 15.0 Å². The molecule has 0 radical (unpaired) electrons. The number of benzene rings is 2. The molecule has 0 saturated carbocycles. The maximum Gasteiger partial charge on any atom is 0.416 e. The van der Waals surface area contributed by atoms with Gasteiger partial charge in [-0.15, -0.1) is 5.10 Å². The number of rotatable bonds is 5. The van der Waals surface area contributed by atoms with Gasteiger partial charge in [0.25, 0.3) is 0 Å². The van der Waals surface area contributed by atoms with Crippen LogP contribution in [-0.4, -0.2) is 39.9 Å². The Morgan fingerprint density at radius 1 is 1.19 bits per heavy atom. The summed E-state index contributed by atoms with van der Waals surface area (Å²) in [5.41, 5.74) is 0.562. The molecule has 4 rings (SSSR count). The van der Waals surface area contributed by atoms with Crippen LogP contribution in [0.4, 0.5) is 13.2 Å². The fraction of sp³-hybridized carbons (Fsp3) is 0.391. The third-order valence-corrected chi connectivity index (χ3v) is 5.86. The summed E-state index contributed by atoms with van der Waals surface area (Å²) < 4.78 is 46.2. The van der Waals surface area contributed by atoms with Crippen molar-refractivity contribution in [2.45, 2.75) is 38.4 Å². The van der Waals surface area contributed by atoms with E-state index in [0.717, 1.165) is 19.4 Å². The van der Waals surface area contributed by atoms with Crippen LogP contribution in [0.2, 0.25) is 0 Å². The second-order valence-corrected chi connectivity index (χ2v) is 8.15. The number of aromatic nitrogens is 3. The summed E-state index contributed by atoms with van der Waals surface area (Å²) in [6, 6.07) is 11.5. The van der Waals surface area contributed by atoms with Gasteiger partial charge >= 0.3 is 11.9 Å². The molecule has 1 saturated heterocycles. The van der Waals surface area contributed by atoms with Crippen LogP contribution in [0.1, 0.15) is 41.3 Å². The van der Waals surface area contributed by atoms with Gasteiger partial charge in [-0.3, -0.25) is 9.88 Å². The van der Waals surface area contributed by atoms with Crippen molar-refractivity contribution in [3.63, 3.8) is 0 Å². The number of alkyl halides is 3. The second kappa shape index (κ2) is 8.82. The summed E-state index contributed by atoms with van der Waals surface area (Å²) >= 11 is 0. The van der Waals surface area contributed by atoms with Gasteiger partial charge in [-0.25, -0.2) is 4.79 Å². The van der Waals surface area contributed by atoms with Crippen molar-refractivity contribution in [3.05, 3.63) is 75.5 Å². The van der Waals surface area contributed by atoms with Crippen LogP contribution in [0, 0.1) is 6.92 Å². The molecular weight excluding hydrogens is 421 g/mol. The molecule has 1 N–H and O–H groups in total. The normalized spacial score (nSPS) is 17.5. The van der Waals surface area contributed by atoms with E-state index in [1.807, 2.05) is 0 Å². The lowest BCUT2D eigenvalue weighted by Gasteiger charge is -2.31. The molecule has 170 valence electrons. The molecule has 9 heteroatoms. The maximum atomic E-state index is 13.2. The minimum Gasteiger partial charge on any atom is -0.497 e. The first-order chi connectivity index (χ1) is 15.2. The number of likely N-dealkylation sites (tertiary alicyclic amines) is 1. The van der Waals surface area contributed by atoms with Gasteiger partial charge in [-0.2, -0.15) is 17.9 Å². The third-order valence-electron chi connectivity index (χ3n) is 5.86. The highest BCUT2D eigenvalue weighted by Gasteiger charge is 2.33. The number of aromatic amines is 1. The quantitative estimate of drug-likeness (QED) is 0.636. The molecule has 0 amide bonds. The number of ether oxygens (including phenoxy) is 1. The number of halogens is 3. The summed E-state index contributed by atoms with van der Waals surface area (Å²) in [7, 11) is 1.57. The molecule has 0 aliphatic carbocycles. The molecule has 3 aromatic rings. The lowest BCUT2D eigenvalue weighted by molar-refractivity contribution is -0.138. The number of nitrogens with zero attached hydrogens (tertiary/aromatic N) is 3. The van der Waals surface area contributed by atoms with E-state index in [9.17, 15) is 18.0 Å². The first-order valence-corrected chi connectivity index (χ1v) is 10.5. The Morgan fingerprint density at radius 2 is 1.94 bits per heavy atom. The lowest BCUT2D eigenvalue weighted by Crippen LogP contribution is -2.34. The van der Waals surface area contributed by atoms with Crippen LogP contribution in [-0.2, 0) is 12.7 Å². The largest absolute Gasteiger partial charge is 0.497 e. The van der Waals surface area contributed by atoms with Crippen LogP contribution >= 0.6 is 0 Å². The zero-order valence-corrected chi connectivity index (χ0v) is 17.9. The van der Waals surface area contributed by atoms with E-state index in [1.165, 1.54) is 23.7 Å². The van der Waals surface area contributed by atoms with Gasteiger partial charge in [0.1, 0.15) is 11.6 Å². The highest BCUT2D eigenvalue weighted by Crippen LogP contribution is 2.33. The summed E-state index contributed by atoms with van der Waals surface area (Å²) in [5, 5.41) is 4.49. The van der Waals surface area contributed by atoms with Crippen LogP contribution in [0.5, 0.6) is 5.75 Å². The number of methoxy groups -OCH3 is 1. The van der Waals surface area contributed by atoms with Crippen molar-refractivity contribution in [1.29, 1.82) is 0 Å². The van der Waals surface area contributed by atoms with E-state index in [-0.39, 0.29) is 17.2 Å². The van der Waals surface area contributed by atoms with E-state index < -0.39 is 11.7 Å². The van der Waals surface area contributed by atoms with Crippen molar-refractivity contribution in [2.24, 2.45) is 0 Å². The summed E-state index contributed by atoms with van der Waals surface area (Å²) in [5.74, 6) is 1.28. The van der Waals surface area contributed by atoms with E-state index in [4.69, 9.17) is 4.74 Å².